The van der Waals surface area contributed by atoms with Gasteiger partial charge in [-0.25, -0.2) is 0 Å². The number of hydrogen-bond acceptors (Lipinski definition) is 2. The molecule has 0 aromatic carbocycles. The van der Waals surface area contributed by atoms with Gasteiger partial charge in [-0.3, -0.25) is 0 Å². The van der Waals surface area contributed by atoms with Crippen LogP contribution in [0.2, 0.25) is 0 Å². The second-order valence-corrected chi connectivity index (χ2v) is 4.72. The fraction of sp³-hybridized carbons (Fsp3) is 0.818. The van der Waals surface area contributed by atoms with Crippen molar-refractivity contribution < 1.29 is 0 Å². The van der Waals surface area contributed by atoms with Gasteiger partial charge < -0.3 is 0 Å². The molecule has 0 aromatic heterocycles. The van der Waals surface area contributed by atoms with Crippen molar-refractivity contribution in [2.24, 2.45) is 17.8 Å². The topological polar surface area (TPSA) is 0 Å². The van der Waals surface area contributed by atoms with Crippen molar-refractivity contribution in [2.75, 3.05) is 0 Å². The van der Waals surface area contributed by atoms with E-state index in [9.17, 15) is 0 Å². The van der Waals surface area contributed by atoms with Gasteiger partial charge in [0.25, 0.3) is 0 Å². The Morgan fingerprint density at radius 1 is 1.38 bits per heavy atom. The van der Waals surface area contributed by atoms with Crippen molar-refractivity contribution in [1.29, 1.82) is 0 Å². The minimum Gasteiger partial charge on any atom is -0.0935 e. The first-order chi connectivity index (χ1) is 6.29. The van der Waals surface area contributed by atoms with Gasteiger partial charge in [-0.15, -0.1) is 0 Å². The molecule has 0 N–H and O–H groups in total. The normalized spacial score (nSPS) is 29.9. The molecule has 1 rings (SSSR count). The van der Waals surface area contributed by atoms with Crippen molar-refractivity contribution in [1.82, 2.24) is 0 Å². The molecule has 1 saturated carbocycles. The predicted molar refractivity (Wildman–Crippen MR) is 66.5 cm³/mol. The van der Waals surface area contributed by atoms with E-state index in [1.54, 1.807) is 0 Å². The van der Waals surface area contributed by atoms with E-state index < -0.39 is 0 Å². The van der Waals surface area contributed by atoms with Gasteiger partial charge in [0.15, 0.2) is 0 Å². The summed E-state index contributed by atoms with van der Waals surface area (Å²) in [5.74, 6) is 2.34. The molecule has 0 radical (unpaired) electrons. The molecule has 0 saturated heterocycles. The van der Waals surface area contributed by atoms with E-state index in [2.05, 4.69) is 6.92 Å². The molecular weight excluding hydrogens is 196 g/mol. The maximum absolute atomic E-state index is 5.07. The summed E-state index contributed by atoms with van der Waals surface area (Å²) in [4.78, 5) is 0. The monoisotopic (exact) mass is 214 g/mol. The van der Waals surface area contributed by atoms with Gasteiger partial charge in [0.05, 0.1) is 0 Å². The summed E-state index contributed by atoms with van der Waals surface area (Å²) in [6.45, 7) is 2.35. The maximum atomic E-state index is 5.07. The van der Waals surface area contributed by atoms with Crippen LogP contribution in [0.5, 0.6) is 0 Å². The van der Waals surface area contributed by atoms with Crippen LogP contribution in [0.25, 0.3) is 0 Å². The molecule has 0 bridgehead atoms. The van der Waals surface area contributed by atoms with Gasteiger partial charge in [-0.1, -0.05) is 37.8 Å². The summed E-state index contributed by atoms with van der Waals surface area (Å²) in [5.41, 5.74) is 0. The molecule has 0 heterocycles. The van der Waals surface area contributed by atoms with Crippen molar-refractivity contribution in [3.8, 4) is 0 Å². The molecule has 1 aliphatic rings. The third-order valence-corrected chi connectivity index (χ3v) is 3.86. The molecule has 13 heavy (non-hydrogen) atoms. The lowest BCUT2D eigenvalue weighted by molar-refractivity contribution is 0.320. The Morgan fingerprint density at radius 3 is 2.77 bits per heavy atom. The highest BCUT2D eigenvalue weighted by Crippen LogP contribution is 2.37. The van der Waals surface area contributed by atoms with Gasteiger partial charge in [-0.05, 0) is 54.2 Å². The van der Waals surface area contributed by atoms with Crippen molar-refractivity contribution >= 4 is 35.2 Å². The quantitative estimate of drug-likeness (QED) is 0.638. The van der Waals surface area contributed by atoms with E-state index >= 15 is 0 Å². The van der Waals surface area contributed by atoms with Crippen LogP contribution < -0.4 is 0 Å². The average Bonchev–Trinajstić information content (AvgIpc) is 2.61. The Hall–Kier alpha value is 0.180. The van der Waals surface area contributed by atoms with Gasteiger partial charge in [0, 0.05) is 0 Å². The van der Waals surface area contributed by atoms with Crippen LogP contribution in [-0.4, -0.2) is 10.7 Å². The van der Waals surface area contributed by atoms with Gasteiger partial charge in [0.1, 0.15) is 0 Å². The summed E-state index contributed by atoms with van der Waals surface area (Å²) in [5, 5.41) is 3.85. The second-order valence-electron chi connectivity index (χ2n) is 4.12. The summed E-state index contributed by atoms with van der Waals surface area (Å²) in [6.07, 6.45) is 6.38. The Balaban J connectivity index is 2.39. The Bertz CT molecular complexity index is 177. The summed E-state index contributed by atoms with van der Waals surface area (Å²) < 4.78 is 0. The van der Waals surface area contributed by atoms with Crippen LogP contribution in [0.1, 0.15) is 39.0 Å². The van der Waals surface area contributed by atoms with Crippen molar-refractivity contribution in [3.63, 3.8) is 0 Å². The highest BCUT2D eigenvalue weighted by atomic mass is 32.1. The molecule has 74 valence electrons. The fourth-order valence-corrected chi connectivity index (χ4v) is 2.91. The summed E-state index contributed by atoms with van der Waals surface area (Å²) >= 11 is 9.92. The minimum absolute atomic E-state index is 0.704. The van der Waals surface area contributed by atoms with Crippen LogP contribution in [-0.2, 0) is 0 Å². The van der Waals surface area contributed by atoms with Crippen LogP contribution in [0.4, 0.5) is 0 Å². The lowest BCUT2D eigenvalue weighted by Crippen LogP contribution is -2.17. The Morgan fingerprint density at radius 2 is 2.15 bits per heavy atom. The van der Waals surface area contributed by atoms with Crippen LogP contribution in [0.15, 0.2) is 0 Å². The van der Waals surface area contributed by atoms with Crippen LogP contribution >= 0.6 is 24.4 Å². The molecule has 1 aliphatic carbocycles. The highest BCUT2D eigenvalue weighted by Gasteiger charge is 2.29. The highest BCUT2D eigenvalue weighted by molar-refractivity contribution is 7.79. The molecule has 3 atom stereocenters. The number of rotatable bonds is 5. The van der Waals surface area contributed by atoms with E-state index in [0.29, 0.717) is 5.92 Å². The van der Waals surface area contributed by atoms with Crippen molar-refractivity contribution in [2.45, 2.75) is 39.0 Å². The van der Waals surface area contributed by atoms with Crippen molar-refractivity contribution in [3.05, 3.63) is 0 Å². The fourth-order valence-electron chi connectivity index (χ4n) is 2.44. The SMILES string of the molecule is CC(CCC=S)C1CCCC1C=S. The molecule has 0 nitrogen and oxygen atoms in total. The van der Waals surface area contributed by atoms with E-state index in [4.69, 9.17) is 24.4 Å². The van der Waals surface area contributed by atoms with Crippen LogP contribution in [0, 0.1) is 17.8 Å². The zero-order valence-corrected chi connectivity index (χ0v) is 9.87. The lowest BCUT2D eigenvalue weighted by atomic mass is 9.83. The molecular formula is C11H18S2. The van der Waals surface area contributed by atoms with E-state index in [-0.39, 0.29) is 0 Å². The van der Waals surface area contributed by atoms with E-state index in [0.717, 1.165) is 18.3 Å². The maximum Gasteiger partial charge on any atom is -0.00976 e. The molecule has 2 heteroatoms. The minimum atomic E-state index is 0.704. The lowest BCUT2D eigenvalue weighted by Gasteiger charge is -2.22. The number of hydrogen-bond donors (Lipinski definition) is 0. The first-order valence-corrected chi connectivity index (χ1v) is 6.12. The standard InChI is InChI=1S/C11H18S2/c1-9(4-3-7-12)11-6-2-5-10(11)8-13/h7-11H,2-6H2,1H3. The molecule has 0 amide bonds. The second kappa shape index (κ2) is 5.82. The van der Waals surface area contributed by atoms with Gasteiger partial charge in [0.2, 0.25) is 0 Å². The smallest absolute Gasteiger partial charge is 0.00976 e. The average molecular weight is 214 g/mol. The largest absolute Gasteiger partial charge is 0.0935 e. The Kier molecular flexibility index (Phi) is 5.04. The van der Waals surface area contributed by atoms with Crippen LogP contribution in [0.3, 0.4) is 0 Å². The molecule has 1 fully saturated rings. The third-order valence-electron chi connectivity index (χ3n) is 3.27. The van der Waals surface area contributed by atoms with E-state index in [1.165, 1.54) is 25.7 Å². The molecule has 0 spiro atoms. The third kappa shape index (κ3) is 3.10. The van der Waals surface area contributed by atoms with Gasteiger partial charge >= 0.3 is 0 Å². The molecule has 0 aromatic rings. The molecule has 3 unspecified atom stereocenters. The Labute approximate surface area is 92.1 Å². The summed E-state index contributed by atoms with van der Waals surface area (Å²) in [6, 6.07) is 0. The zero-order valence-electron chi connectivity index (χ0n) is 8.24. The zero-order chi connectivity index (χ0) is 9.68. The van der Waals surface area contributed by atoms with E-state index in [1.807, 2.05) is 10.7 Å². The molecule has 0 aliphatic heterocycles. The first kappa shape index (κ1) is 11.3. The van der Waals surface area contributed by atoms with Gasteiger partial charge in [-0.2, -0.15) is 0 Å². The number of thiocarbonyl (C=S) groups is 2. The first-order valence-electron chi connectivity index (χ1n) is 5.18. The summed E-state index contributed by atoms with van der Waals surface area (Å²) in [7, 11) is 0. The predicted octanol–water partition coefficient (Wildman–Crippen LogP) is 3.82.